The van der Waals surface area contributed by atoms with Gasteiger partial charge in [0, 0.05) is 13.1 Å². The third-order valence-corrected chi connectivity index (χ3v) is 6.61. The van der Waals surface area contributed by atoms with Crippen molar-refractivity contribution in [3.05, 3.63) is 89.2 Å². The molecule has 0 fully saturated rings. The van der Waals surface area contributed by atoms with Crippen LogP contribution in [0.25, 0.3) is 0 Å². The summed E-state index contributed by atoms with van der Waals surface area (Å²) in [4.78, 5) is 25.3. The molecule has 0 radical (unpaired) electrons. The van der Waals surface area contributed by atoms with Gasteiger partial charge in [0.05, 0.1) is 22.4 Å². The summed E-state index contributed by atoms with van der Waals surface area (Å²) < 4.78 is 1.88. The maximum Gasteiger partial charge on any atom is 0.253 e. The number of allylic oxidation sites excluding steroid dienone is 1. The van der Waals surface area contributed by atoms with Crippen LogP contribution >= 0.6 is 23.4 Å². The molecule has 3 rings (SSSR count). The van der Waals surface area contributed by atoms with Gasteiger partial charge in [-0.05, 0) is 30.0 Å². The first-order chi connectivity index (χ1) is 16.9. The minimum absolute atomic E-state index is 0.0355. The Bertz CT molecular complexity index is 1150. The second-order valence-corrected chi connectivity index (χ2v) is 9.64. The molecule has 184 valence electrons. The summed E-state index contributed by atoms with van der Waals surface area (Å²) in [7, 11) is 0. The van der Waals surface area contributed by atoms with Crippen LogP contribution in [0.4, 0.5) is 0 Å². The summed E-state index contributed by atoms with van der Waals surface area (Å²) >= 11 is 7.51. The number of nitrogens with zero attached hydrogens (tertiary/aromatic N) is 3. The third-order valence-electron chi connectivity index (χ3n) is 5.32. The summed E-state index contributed by atoms with van der Waals surface area (Å²) in [6.45, 7) is 8.85. The maximum atomic E-state index is 12.9. The van der Waals surface area contributed by atoms with Gasteiger partial charge in [-0.1, -0.05) is 85.8 Å². The Morgan fingerprint density at radius 2 is 1.83 bits per heavy atom. The monoisotopic (exact) mass is 511 g/mol. The van der Waals surface area contributed by atoms with Crippen molar-refractivity contribution in [2.24, 2.45) is 5.92 Å². The number of carbonyl (C=O) groups excluding carboxylic acids is 2. The van der Waals surface area contributed by atoms with E-state index in [9.17, 15) is 9.59 Å². The molecule has 0 aliphatic rings. The van der Waals surface area contributed by atoms with E-state index in [-0.39, 0.29) is 23.5 Å². The highest BCUT2D eigenvalue weighted by Crippen LogP contribution is 2.26. The van der Waals surface area contributed by atoms with Crippen molar-refractivity contribution < 1.29 is 9.59 Å². The lowest BCUT2D eigenvalue weighted by Crippen LogP contribution is -2.34. The zero-order valence-corrected chi connectivity index (χ0v) is 21.5. The first kappa shape index (κ1) is 26.5. The Kier molecular flexibility index (Phi) is 9.93. The maximum absolute atomic E-state index is 12.9. The quantitative estimate of drug-likeness (QED) is 0.272. The van der Waals surface area contributed by atoms with Crippen LogP contribution in [0.5, 0.6) is 0 Å². The van der Waals surface area contributed by atoms with Crippen LogP contribution in [0, 0.1) is 5.92 Å². The van der Waals surface area contributed by atoms with Crippen LogP contribution < -0.4 is 10.6 Å². The van der Waals surface area contributed by atoms with E-state index in [0.717, 1.165) is 6.42 Å². The molecule has 0 saturated carbocycles. The number of thioether (sulfide) groups is 1. The standard InChI is InChI=1S/C26H30ClN5O2S/c1-4-16-32-24(23(18(2)3)29-25(34)20-12-8-9-13-21(20)27)30-31-26(32)35-17-22(33)28-15-14-19-10-6-5-7-11-19/h4-13,18,23H,1,14-17H2,2-3H3,(H,28,33)(H,29,34)/t23-/m0/s1. The van der Waals surface area contributed by atoms with Crippen molar-refractivity contribution >= 4 is 35.2 Å². The molecular weight excluding hydrogens is 482 g/mol. The van der Waals surface area contributed by atoms with Crippen molar-refractivity contribution in [2.75, 3.05) is 12.3 Å². The van der Waals surface area contributed by atoms with Gasteiger partial charge in [-0.3, -0.25) is 9.59 Å². The predicted octanol–water partition coefficient (Wildman–Crippen LogP) is 4.70. The molecule has 2 amide bonds. The highest BCUT2D eigenvalue weighted by atomic mass is 35.5. The molecule has 9 heteroatoms. The Balaban J connectivity index is 1.66. The van der Waals surface area contributed by atoms with Gasteiger partial charge in [-0.25, -0.2) is 0 Å². The van der Waals surface area contributed by atoms with E-state index < -0.39 is 6.04 Å². The van der Waals surface area contributed by atoms with Gasteiger partial charge in [0.2, 0.25) is 5.91 Å². The molecule has 2 aromatic carbocycles. The lowest BCUT2D eigenvalue weighted by molar-refractivity contribution is -0.118. The second-order valence-electron chi connectivity index (χ2n) is 8.29. The first-order valence-corrected chi connectivity index (χ1v) is 12.8. The average molecular weight is 512 g/mol. The number of amides is 2. The van der Waals surface area contributed by atoms with E-state index >= 15 is 0 Å². The van der Waals surface area contributed by atoms with Crippen molar-refractivity contribution in [3.8, 4) is 0 Å². The number of halogens is 1. The van der Waals surface area contributed by atoms with Crippen LogP contribution in [0.15, 0.2) is 72.4 Å². The smallest absolute Gasteiger partial charge is 0.253 e. The van der Waals surface area contributed by atoms with E-state index in [1.54, 1.807) is 30.3 Å². The molecule has 0 unspecified atom stereocenters. The number of carbonyl (C=O) groups is 2. The molecule has 1 atom stereocenters. The van der Waals surface area contributed by atoms with Gasteiger partial charge in [-0.15, -0.1) is 16.8 Å². The van der Waals surface area contributed by atoms with Gasteiger partial charge in [0.25, 0.3) is 5.91 Å². The first-order valence-electron chi connectivity index (χ1n) is 11.4. The lowest BCUT2D eigenvalue weighted by Gasteiger charge is -2.23. The topological polar surface area (TPSA) is 88.9 Å². The summed E-state index contributed by atoms with van der Waals surface area (Å²) in [6.07, 6.45) is 2.51. The molecule has 0 spiro atoms. The zero-order chi connectivity index (χ0) is 25.2. The molecule has 1 heterocycles. The van der Waals surface area contributed by atoms with E-state index in [0.29, 0.717) is 34.7 Å². The highest BCUT2D eigenvalue weighted by molar-refractivity contribution is 7.99. The van der Waals surface area contributed by atoms with Crippen molar-refractivity contribution in [1.29, 1.82) is 0 Å². The fraction of sp³-hybridized carbons (Fsp3) is 0.308. The Labute approximate surface area is 215 Å². The Morgan fingerprint density at radius 1 is 1.11 bits per heavy atom. The number of hydrogen-bond acceptors (Lipinski definition) is 5. The summed E-state index contributed by atoms with van der Waals surface area (Å²) in [5.41, 5.74) is 1.57. The van der Waals surface area contributed by atoms with Crippen LogP contribution in [0.1, 0.15) is 41.6 Å². The number of aromatic nitrogens is 3. The van der Waals surface area contributed by atoms with Crippen molar-refractivity contribution in [3.63, 3.8) is 0 Å². The largest absolute Gasteiger partial charge is 0.355 e. The number of hydrogen-bond donors (Lipinski definition) is 2. The van der Waals surface area contributed by atoms with Crippen molar-refractivity contribution in [2.45, 2.75) is 38.0 Å². The molecular formula is C26H30ClN5O2S. The molecule has 1 aromatic heterocycles. The molecule has 3 aromatic rings. The molecule has 0 bridgehead atoms. The minimum Gasteiger partial charge on any atom is -0.355 e. The summed E-state index contributed by atoms with van der Waals surface area (Å²) in [5.74, 6) is 0.491. The van der Waals surface area contributed by atoms with Gasteiger partial charge < -0.3 is 15.2 Å². The number of nitrogens with one attached hydrogen (secondary N) is 2. The number of benzene rings is 2. The SMILES string of the molecule is C=CCn1c(SCC(=O)NCCc2ccccc2)nnc1[C@@H](NC(=O)c1ccccc1Cl)C(C)C. The van der Waals surface area contributed by atoms with E-state index in [2.05, 4.69) is 27.4 Å². The molecule has 0 aliphatic heterocycles. The summed E-state index contributed by atoms with van der Waals surface area (Å²) in [6, 6.07) is 16.5. The van der Waals surface area contributed by atoms with E-state index in [1.807, 2.05) is 48.7 Å². The van der Waals surface area contributed by atoms with Gasteiger partial charge >= 0.3 is 0 Å². The fourth-order valence-electron chi connectivity index (χ4n) is 3.50. The Morgan fingerprint density at radius 3 is 2.51 bits per heavy atom. The molecule has 7 nitrogen and oxygen atoms in total. The normalized spacial score (nSPS) is 11.8. The van der Waals surface area contributed by atoms with Gasteiger partial charge in [0.1, 0.15) is 0 Å². The lowest BCUT2D eigenvalue weighted by atomic mass is 10.0. The summed E-state index contributed by atoms with van der Waals surface area (Å²) in [5, 5.41) is 15.6. The van der Waals surface area contributed by atoms with E-state index in [4.69, 9.17) is 11.6 Å². The Hall–Kier alpha value is -3.10. The van der Waals surface area contributed by atoms with Crippen molar-refractivity contribution in [1.82, 2.24) is 25.4 Å². The van der Waals surface area contributed by atoms with Gasteiger partial charge in [0.15, 0.2) is 11.0 Å². The average Bonchev–Trinajstić information content (AvgIpc) is 3.24. The minimum atomic E-state index is -0.403. The van der Waals surface area contributed by atoms with Crippen LogP contribution in [0.2, 0.25) is 5.02 Å². The molecule has 0 saturated heterocycles. The highest BCUT2D eigenvalue weighted by Gasteiger charge is 2.27. The fourth-order valence-corrected chi connectivity index (χ4v) is 4.51. The predicted molar refractivity (Wildman–Crippen MR) is 141 cm³/mol. The van der Waals surface area contributed by atoms with E-state index in [1.165, 1.54) is 17.3 Å². The molecule has 35 heavy (non-hydrogen) atoms. The van der Waals surface area contributed by atoms with Crippen LogP contribution in [0.3, 0.4) is 0 Å². The third kappa shape index (κ3) is 7.44. The second kappa shape index (κ2) is 13.1. The van der Waals surface area contributed by atoms with Crippen LogP contribution in [-0.4, -0.2) is 38.9 Å². The zero-order valence-electron chi connectivity index (χ0n) is 19.9. The number of rotatable bonds is 12. The molecule has 0 aliphatic carbocycles. The van der Waals surface area contributed by atoms with Gasteiger partial charge in [-0.2, -0.15) is 0 Å². The van der Waals surface area contributed by atoms with Crippen LogP contribution in [-0.2, 0) is 17.8 Å². The molecule has 2 N–H and O–H groups in total.